The molecule has 0 heterocycles. The van der Waals surface area contributed by atoms with E-state index in [1.807, 2.05) is 0 Å². The minimum atomic E-state index is 0. The van der Waals surface area contributed by atoms with Crippen LogP contribution in [0.2, 0.25) is 0 Å². The third kappa shape index (κ3) is 11.3. The van der Waals surface area contributed by atoms with Crippen molar-refractivity contribution in [3.8, 4) is 11.1 Å². The molecule has 2 aliphatic carbocycles. The van der Waals surface area contributed by atoms with E-state index in [1.54, 1.807) is 3.21 Å². The topological polar surface area (TPSA) is 0 Å². The third-order valence-corrected chi connectivity index (χ3v) is 10.2. The minimum Gasteiger partial charge on any atom is -1.00 e. The number of rotatable bonds is 4. The summed E-state index contributed by atoms with van der Waals surface area (Å²) in [5, 5.41) is 0. The smallest absolute Gasteiger partial charge is 1.00 e. The maximum atomic E-state index is 3.57. The molecule has 5 rings (SSSR count). The van der Waals surface area contributed by atoms with Gasteiger partial charge < -0.3 is 24.8 Å². The van der Waals surface area contributed by atoms with Gasteiger partial charge in [0, 0.05) is 0 Å². The molecule has 0 saturated heterocycles. The van der Waals surface area contributed by atoms with Crippen molar-refractivity contribution in [1.29, 1.82) is 0 Å². The number of hydrogen-bond acceptors (Lipinski definition) is 0. The minimum absolute atomic E-state index is 0. The van der Waals surface area contributed by atoms with Gasteiger partial charge >= 0.3 is 76.7 Å². The summed E-state index contributed by atoms with van der Waals surface area (Å²) >= 11 is 1.54. The molecule has 0 bridgehead atoms. The average Bonchev–Trinajstić information content (AvgIpc) is 3.58. The van der Waals surface area contributed by atoms with Gasteiger partial charge in [-0.3, -0.25) is 6.08 Å². The fraction of sp³-hybridized carbons (Fsp3) is 0.465. The van der Waals surface area contributed by atoms with Crippen LogP contribution in [0.3, 0.4) is 0 Å². The Morgan fingerprint density at radius 2 is 1.35 bits per heavy atom. The van der Waals surface area contributed by atoms with E-state index in [0.29, 0.717) is 11.3 Å². The normalized spacial score (nSPS) is 15.0. The summed E-state index contributed by atoms with van der Waals surface area (Å²) in [5.41, 5.74) is 13.4. The zero-order valence-corrected chi connectivity index (χ0v) is 34.5. The number of allylic oxidation sites excluding steroid dienone is 4. The van der Waals surface area contributed by atoms with Crippen LogP contribution in [-0.4, -0.2) is 3.21 Å². The first kappa shape index (κ1) is 42.5. The van der Waals surface area contributed by atoms with Crippen LogP contribution in [0.5, 0.6) is 0 Å². The molecule has 0 amide bonds. The van der Waals surface area contributed by atoms with E-state index in [1.165, 1.54) is 87.2 Å². The molecular weight excluding hydrogens is 679 g/mol. The molecule has 2 aliphatic rings. The largest absolute Gasteiger partial charge is 1.00 e. The van der Waals surface area contributed by atoms with Gasteiger partial charge in [0.05, 0.1) is 0 Å². The van der Waals surface area contributed by atoms with Gasteiger partial charge in [-0.1, -0.05) is 135 Å². The van der Waals surface area contributed by atoms with Gasteiger partial charge in [0.25, 0.3) is 0 Å². The van der Waals surface area contributed by atoms with Crippen molar-refractivity contribution in [1.82, 2.24) is 0 Å². The second-order valence-electron chi connectivity index (χ2n) is 15.3. The first-order chi connectivity index (χ1) is 20.5. The Balaban J connectivity index is 0.000000366. The molecule has 3 aromatic carbocycles. The van der Waals surface area contributed by atoms with Gasteiger partial charge in [-0.15, -0.1) is 5.56 Å². The molecule has 3 aromatic rings. The monoisotopic (exact) mass is 732 g/mol. The molecule has 1 atom stereocenters. The zero-order valence-electron chi connectivity index (χ0n) is 30.5. The Morgan fingerprint density at radius 1 is 0.761 bits per heavy atom. The average molecular weight is 735 g/mol. The molecule has 0 radical (unpaired) electrons. The van der Waals surface area contributed by atoms with Crippen LogP contribution in [0.4, 0.5) is 0 Å². The van der Waals surface area contributed by atoms with Gasteiger partial charge in [0.15, 0.2) is 0 Å². The third-order valence-electron chi connectivity index (χ3n) is 8.66. The van der Waals surface area contributed by atoms with Crippen LogP contribution in [-0.2, 0) is 41.5 Å². The summed E-state index contributed by atoms with van der Waals surface area (Å²) in [6.45, 7) is 27.2. The van der Waals surface area contributed by atoms with E-state index in [4.69, 9.17) is 0 Å². The molecule has 0 aliphatic heterocycles. The molecule has 0 spiro atoms. The van der Waals surface area contributed by atoms with E-state index in [2.05, 4.69) is 162 Å². The maximum Gasteiger partial charge on any atom is -1.00 e. The fourth-order valence-electron chi connectivity index (χ4n) is 5.69. The van der Waals surface area contributed by atoms with E-state index >= 15 is 0 Å². The van der Waals surface area contributed by atoms with Crippen molar-refractivity contribution >= 4 is 3.21 Å². The second kappa shape index (κ2) is 17.7. The van der Waals surface area contributed by atoms with Crippen molar-refractivity contribution in [3.63, 3.8) is 0 Å². The van der Waals surface area contributed by atoms with E-state index in [0.717, 1.165) is 12.8 Å². The molecule has 0 nitrogen and oxygen atoms in total. The molecule has 0 fully saturated rings. The quantitative estimate of drug-likeness (QED) is 0.227. The summed E-state index contributed by atoms with van der Waals surface area (Å²) in [6, 6.07) is 25.7. The van der Waals surface area contributed by atoms with Crippen molar-refractivity contribution in [2.75, 3.05) is 0 Å². The van der Waals surface area contributed by atoms with E-state index in [-0.39, 0.29) is 35.6 Å². The predicted octanol–water partition coefficient (Wildman–Crippen LogP) is 5.96. The molecular formula is C43H56Cl2Zr-2. The summed E-state index contributed by atoms with van der Waals surface area (Å²) in [5.74, 6) is 0.573. The second-order valence-corrected chi connectivity index (χ2v) is 16.8. The zero-order chi connectivity index (χ0) is 32.9. The summed E-state index contributed by atoms with van der Waals surface area (Å²) in [7, 11) is 0. The molecule has 1 unspecified atom stereocenters. The van der Waals surface area contributed by atoms with Crippen LogP contribution in [0, 0.1) is 23.5 Å². The molecule has 0 aromatic heterocycles. The van der Waals surface area contributed by atoms with Crippen molar-refractivity contribution in [2.24, 2.45) is 11.3 Å². The molecule has 46 heavy (non-hydrogen) atoms. The SMILES string of the molecule is CC(C)(C)c1c[c-]c2c(c1)-c1cc(C(C)(C)C)ccc1C2.CCC1=[C-]C(CC)C=C1C(C)(C)C.CC[C](=[Zr+2])c1ccccc1.[Cl-].[Cl-]. The number of hydrogen-bond donors (Lipinski definition) is 0. The van der Waals surface area contributed by atoms with Gasteiger partial charge in [-0.05, 0) is 17.4 Å². The van der Waals surface area contributed by atoms with Crippen molar-refractivity contribution < 1.29 is 49.0 Å². The Bertz CT molecular complexity index is 1430. The van der Waals surface area contributed by atoms with Crippen molar-refractivity contribution in [2.45, 2.75) is 120 Å². The molecule has 0 N–H and O–H groups in total. The fourth-order valence-corrected chi connectivity index (χ4v) is 6.10. The Morgan fingerprint density at radius 3 is 1.83 bits per heavy atom. The van der Waals surface area contributed by atoms with Gasteiger partial charge in [-0.25, -0.2) is 5.57 Å². The maximum absolute atomic E-state index is 3.57. The van der Waals surface area contributed by atoms with Crippen LogP contribution in [0.15, 0.2) is 77.9 Å². The first-order valence-corrected chi connectivity index (χ1v) is 17.9. The summed E-state index contributed by atoms with van der Waals surface area (Å²) in [6.07, 6.45) is 10.5. The number of fused-ring (bicyclic) bond motifs is 3. The number of halogens is 2. The number of benzene rings is 3. The van der Waals surface area contributed by atoms with Crippen molar-refractivity contribution in [3.05, 3.63) is 118 Å². The Labute approximate surface area is 310 Å². The summed E-state index contributed by atoms with van der Waals surface area (Å²) in [4.78, 5) is 0. The molecule has 3 heteroatoms. The van der Waals surface area contributed by atoms with Gasteiger partial charge in [0.1, 0.15) is 0 Å². The van der Waals surface area contributed by atoms with Crippen LogP contribution in [0.1, 0.15) is 130 Å². The Kier molecular flexibility index (Phi) is 16.4. The summed E-state index contributed by atoms with van der Waals surface area (Å²) < 4.78 is 1.55. The molecule has 0 saturated carbocycles. The van der Waals surface area contributed by atoms with Gasteiger partial charge in [0.2, 0.25) is 0 Å². The van der Waals surface area contributed by atoms with Gasteiger partial charge in [-0.2, -0.15) is 41.0 Å². The first-order valence-electron chi connectivity index (χ1n) is 16.7. The predicted molar refractivity (Wildman–Crippen MR) is 190 cm³/mol. The standard InChI is InChI=1S/C21H25.C13H21.C9H10.2ClH.Zr/c1-20(2,3)16-9-7-14-11-15-8-10-17(21(4,5)6)13-19(15)18(14)12-16;1-6-10-8-11(7-2)12(9-10)13(3,4)5;1-2-6-9-7-4-3-5-8-9;;;/h7,9-10,12-13H,11H2,1-6H3;9-10H,6-7H2,1-5H3;3-5,7-8H,2H2,1H3;2*1H;/q2*-1;;;;+2/p-2. The van der Waals surface area contributed by atoms with Crippen LogP contribution >= 0.6 is 0 Å². The van der Waals surface area contributed by atoms with E-state index < -0.39 is 0 Å². The molecule has 248 valence electrons. The van der Waals surface area contributed by atoms with Crippen LogP contribution < -0.4 is 24.8 Å². The van der Waals surface area contributed by atoms with E-state index in [9.17, 15) is 0 Å². The Hall–Kier alpha value is -1.53. The van der Waals surface area contributed by atoms with Crippen LogP contribution in [0.25, 0.3) is 11.1 Å².